The Morgan fingerprint density at radius 2 is 0.607 bits per heavy atom. The van der Waals surface area contributed by atoms with Gasteiger partial charge in [0.05, 0.1) is 15.1 Å². The first-order valence-electron chi connectivity index (χ1n) is 24.1. The molecule has 0 aromatic heterocycles. The first kappa shape index (κ1) is 22.2. The monoisotopic (exact) mass is 717 g/mol. The van der Waals surface area contributed by atoms with Crippen molar-refractivity contribution in [2.24, 2.45) is 0 Å². The summed E-state index contributed by atoms with van der Waals surface area (Å²) in [5, 5.41) is 11.3. The van der Waals surface area contributed by atoms with E-state index >= 15 is 0 Å². The van der Waals surface area contributed by atoms with E-state index in [1.54, 1.807) is 42.5 Å². The third kappa shape index (κ3) is 4.79. The van der Waals surface area contributed by atoms with E-state index in [1.807, 2.05) is 97.1 Å². The highest BCUT2D eigenvalue weighted by Crippen LogP contribution is 2.43. The summed E-state index contributed by atoms with van der Waals surface area (Å²) >= 11 is 0. The first-order valence-corrected chi connectivity index (χ1v) is 18.6. The van der Waals surface area contributed by atoms with Gasteiger partial charge in [0.1, 0.15) is 0 Å². The molecule has 0 heteroatoms. The zero-order valence-corrected chi connectivity index (χ0v) is 29.8. The molecule has 0 nitrogen and oxygen atoms in total. The molecule has 0 radical (unpaired) electrons. The Kier molecular flexibility index (Phi) is 4.80. The van der Waals surface area contributed by atoms with Gasteiger partial charge < -0.3 is 0 Å². The number of benzene rings is 12. The maximum Gasteiger partial charge on any atom is 0.0636 e. The summed E-state index contributed by atoms with van der Waals surface area (Å²) in [6, 6.07) is 39.2. The van der Waals surface area contributed by atoms with Crippen molar-refractivity contribution in [3.63, 3.8) is 0 Å². The normalized spacial score (nSPS) is 14.7. The molecule has 12 rings (SSSR count). The third-order valence-corrected chi connectivity index (χ3v) is 11.2. The molecule has 0 aliphatic rings. The molecule has 0 unspecified atom stereocenters. The van der Waals surface area contributed by atoms with E-state index < -0.39 is 30.2 Å². The molecule has 0 spiro atoms. The largest absolute Gasteiger partial charge is 0.0636 e. The van der Waals surface area contributed by atoms with Gasteiger partial charge in [0.25, 0.3) is 0 Å². The maximum atomic E-state index is 10.0. The molecule has 0 atom stereocenters. The summed E-state index contributed by atoms with van der Waals surface area (Å²) in [5.41, 5.74) is 0.294. The highest BCUT2D eigenvalue weighted by Gasteiger charge is 2.16. The lowest BCUT2D eigenvalue weighted by atomic mass is 9.88. The smallest absolute Gasteiger partial charge is 0.0622 e. The van der Waals surface area contributed by atoms with E-state index in [1.165, 1.54) is 0 Å². The average molecular weight is 718 g/mol. The van der Waals surface area contributed by atoms with Crippen molar-refractivity contribution in [2.75, 3.05) is 0 Å². The predicted molar refractivity (Wildman–Crippen MR) is 241 cm³/mol. The van der Waals surface area contributed by atoms with Crippen molar-refractivity contribution in [3.05, 3.63) is 206 Å². The molecule has 56 heavy (non-hydrogen) atoms. The fourth-order valence-corrected chi connectivity index (χ4v) is 8.58. The van der Waals surface area contributed by atoms with Crippen LogP contribution < -0.4 is 0 Å². The summed E-state index contributed by atoms with van der Waals surface area (Å²) < 4.78 is 105. The van der Waals surface area contributed by atoms with Crippen LogP contribution in [0.1, 0.15) is 15.1 Å². The van der Waals surface area contributed by atoms with Crippen molar-refractivity contribution < 1.29 is 15.1 Å². The van der Waals surface area contributed by atoms with Crippen molar-refractivity contribution >= 4 is 64.6 Å². The molecule has 0 aliphatic carbocycles. The Balaban J connectivity index is 1.17. The minimum atomic E-state index is -0.560. The molecule has 0 N–H and O–H groups in total. The van der Waals surface area contributed by atoms with Crippen LogP contribution in [0.15, 0.2) is 206 Å². The van der Waals surface area contributed by atoms with Gasteiger partial charge in [0.15, 0.2) is 0 Å². The SMILES string of the molecule is [2H]c1c([2H])c(-c2c([2H])c(-c3ccccc3)c([2H])c(-c3c([2H])c([2H])c([2H])c(-c4ccc5ccc6cccc7ccc4c5c67)c3[2H])c2[2H])c([2H])c(-c2ccc3ccc4cccc5ccc2c3c45)c1[2H]. The zero-order chi connectivity index (χ0) is 46.3. The van der Waals surface area contributed by atoms with Crippen molar-refractivity contribution in [1.82, 2.24) is 0 Å². The summed E-state index contributed by atoms with van der Waals surface area (Å²) in [6.07, 6.45) is 0. The molecule has 0 bridgehead atoms. The van der Waals surface area contributed by atoms with Gasteiger partial charge in [-0.1, -0.05) is 176 Å². The molecule has 0 saturated carbocycles. The molecule has 258 valence electrons. The lowest BCUT2D eigenvalue weighted by molar-refractivity contribution is 1.56. The lowest BCUT2D eigenvalue weighted by Gasteiger charge is -2.16. The van der Waals surface area contributed by atoms with Crippen LogP contribution in [0.2, 0.25) is 0 Å². The lowest BCUT2D eigenvalue weighted by Crippen LogP contribution is -1.90. The minimum Gasteiger partial charge on any atom is -0.0622 e. The Morgan fingerprint density at radius 3 is 1.07 bits per heavy atom. The maximum absolute atomic E-state index is 10.0. The van der Waals surface area contributed by atoms with Gasteiger partial charge in [-0.3, -0.25) is 0 Å². The van der Waals surface area contributed by atoms with Gasteiger partial charge in [0, 0.05) is 0 Å². The van der Waals surface area contributed by atoms with Crippen LogP contribution in [-0.4, -0.2) is 0 Å². The Hall–Kier alpha value is -7.28. The zero-order valence-electron chi connectivity index (χ0n) is 40.8. The molecular weight excluding hydrogens is 673 g/mol. The molecule has 12 aromatic rings. The van der Waals surface area contributed by atoms with Crippen LogP contribution in [-0.2, 0) is 0 Å². The van der Waals surface area contributed by atoms with Crippen LogP contribution in [0.4, 0.5) is 0 Å². The third-order valence-electron chi connectivity index (χ3n) is 11.2. The highest BCUT2D eigenvalue weighted by molar-refractivity contribution is 6.26. The Labute approximate surface area is 340 Å². The fourth-order valence-electron chi connectivity index (χ4n) is 8.58. The molecule has 0 saturated heterocycles. The summed E-state index contributed by atoms with van der Waals surface area (Å²) in [6.45, 7) is 0. The summed E-state index contributed by atoms with van der Waals surface area (Å²) in [5.74, 6) is 0. The highest BCUT2D eigenvalue weighted by atomic mass is 14.2. The molecule has 12 aromatic carbocycles. The molecular formula is C56H34. The molecule has 0 fully saturated rings. The fraction of sp³-hybridized carbons (Fsp3) is 0. The topological polar surface area (TPSA) is 0 Å². The second-order valence-corrected chi connectivity index (χ2v) is 14.3. The average Bonchev–Trinajstić information content (AvgIpc) is 3.34. The van der Waals surface area contributed by atoms with Crippen molar-refractivity contribution in [2.45, 2.75) is 0 Å². The number of hydrogen-bond acceptors (Lipinski definition) is 0. The first-order chi connectivity index (χ1) is 32.4. The van der Waals surface area contributed by atoms with Crippen LogP contribution in [0.3, 0.4) is 0 Å². The van der Waals surface area contributed by atoms with E-state index in [0.29, 0.717) is 16.7 Å². The molecule has 0 heterocycles. The second-order valence-electron chi connectivity index (χ2n) is 14.3. The summed E-state index contributed by atoms with van der Waals surface area (Å²) in [7, 11) is 0. The van der Waals surface area contributed by atoms with E-state index in [4.69, 9.17) is 0 Å². The molecule has 0 aliphatic heterocycles. The Morgan fingerprint density at radius 1 is 0.250 bits per heavy atom. The number of rotatable bonds is 5. The second kappa shape index (κ2) is 12.1. The van der Waals surface area contributed by atoms with E-state index in [2.05, 4.69) is 0 Å². The Bertz CT molecular complexity index is 3830. The quantitative estimate of drug-likeness (QED) is 0.156. The van der Waals surface area contributed by atoms with E-state index in [-0.39, 0.29) is 75.2 Å². The van der Waals surface area contributed by atoms with Gasteiger partial charge in [0.2, 0.25) is 0 Å². The van der Waals surface area contributed by atoms with Gasteiger partial charge in [-0.05, 0) is 150 Å². The van der Waals surface area contributed by atoms with E-state index in [0.717, 1.165) is 64.6 Å². The van der Waals surface area contributed by atoms with Gasteiger partial charge in [-0.25, -0.2) is 0 Å². The minimum absolute atomic E-state index is 0.00396. The number of hydrogen-bond donors (Lipinski definition) is 0. The standard InChI is InChI=1S/C56H34/c1-2-8-35(9-3-1)46-32-47(42-14-6-16-44(30-42)49-26-22-40-20-18-36-10-4-12-38-24-28-51(49)55(40)53(36)38)34-48(33-46)43-15-7-17-45(31-43)50-27-23-41-21-19-37-11-5-13-39-25-29-52(50)56(41)54(37)39/h1-34H/i6D,7D,14D,15D,16D,17D,30D,31D,32D,33D,34D. The van der Waals surface area contributed by atoms with Crippen LogP contribution >= 0.6 is 0 Å². The van der Waals surface area contributed by atoms with Gasteiger partial charge >= 0.3 is 0 Å². The van der Waals surface area contributed by atoms with Crippen molar-refractivity contribution in [3.8, 4) is 55.6 Å². The van der Waals surface area contributed by atoms with Crippen LogP contribution in [0, 0.1) is 0 Å². The van der Waals surface area contributed by atoms with Gasteiger partial charge in [-0.15, -0.1) is 0 Å². The van der Waals surface area contributed by atoms with Gasteiger partial charge in [-0.2, -0.15) is 0 Å². The van der Waals surface area contributed by atoms with E-state index in [9.17, 15) is 15.1 Å². The van der Waals surface area contributed by atoms with Crippen LogP contribution in [0.5, 0.6) is 0 Å². The van der Waals surface area contributed by atoms with Crippen molar-refractivity contribution in [1.29, 1.82) is 0 Å². The summed E-state index contributed by atoms with van der Waals surface area (Å²) in [4.78, 5) is 0. The van der Waals surface area contributed by atoms with Crippen LogP contribution in [0.25, 0.3) is 120 Å². The molecule has 0 amide bonds. The predicted octanol–water partition coefficient (Wildman–Crippen LogP) is 15.8.